The minimum absolute atomic E-state index is 0.0974. The number of amides is 1. The van der Waals surface area contributed by atoms with E-state index in [-0.39, 0.29) is 24.5 Å². The fourth-order valence-electron chi connectivity index (χ4n) is 3.46. The molecule has 1 aliphatic rings. The molecule has 1 heterocycles. The van der Waals surface area contributed by atoms with Gasteiger partial charge in [0.25, 0.3) is 0 Å². The van der Waals surface area contributed by atoms with Crippen molar-refractivity contribution in [3.8, 4) is 5.75 Å². The summed E-state index contributed by atoms with van der Waals surface area (Å²) >= 11 is 5.97. The zero-order chi connectivity index (χ0) is 19.7. The van der Waals surface area contributed by atoms with Crippen molar-refractivity contribution < 1.29 is 14.6 Å². The van der Waals surface area contributed by atoms with Gasteiger partial charge in [-0.05, 0) is 55.7 Å². The number of fused-ring (bicyclic) bond motifs is 1. The summed E-state index contributed by atoms with van der Waals surface area (Å²) in [6.07, 6.45) is 1.87. The summed E-state index contributed by atoms with van der Waals surface area (Å²) < 4.78 is 6.22. The van der Waals surface area contributed by atoms with Crippen LogP contribution in [0.2, 0.25) is 5.02 Å². The van der Waals surface area contributed by atoms with Gasteiger partial charge in [0.2, 0.25) is 5.91 Å². The monoisotopic (exact) mass is 387 g/mol. The molecule has 2 N–H and O–H groups in total. The molecule has 2 aromatic rings. The number of ether oxygens (including phenoxy) is 1. The number of rotatable bonds is 6. The van der Waals surface area contributed by atoms with E-state index in [0.29, 0.717) is 0 Å². The van der Waals surface area contributed by atoms with Crippen molar-refractivity contribution in [2.75, 3.05) is 6.61 Å². The Balaban J connectivity index is 1.67. The molecule has 2 aromatic carbocycles. The largest absolute Gasteiger partial charge is 0.487 e. The Morgan fingerprint density at radius 2 is 1.89 bits per heavy atom. The fourth-order valence-corrected chi connectivity index (χ4v) is 3.59. The molecule has 0 radical (unpaired) electrons. The Labute approximate surface area is 165 Å². The minimum Gasteiger partial charge on any atom is -0.487 e. The number of benzene rings is 2. The van der Waals surface area contributed by atoms with Crippen LogP contribution in [0.5, 0.6) is 5.75 Å². The first-order chi connectivity index (χ1) is 12.7. The first kappa shape index (κ1) is 19.7. The highest BCUT2D eigenvalue weighted by Gasteiger charge is 2.35. The lowest BCUT2D eigenvalue weighted by molar-refractivity contribution is -0.122. The van der Waals surface area contributed by atoms with Crippen LogP contribution in [0.1, 0.15) is 37.5 Å². The average Bonchev–Trinajstić information content (AvgIpc) is 2.91. The Morgan fingerprint density at radius 1 is 1.22 bits per heavy atom. The number of hydrogen-bond acceptors (Lipinski definition) is 3. The maximum atomic E-state index is 12.2. The minimum atomic E-state index is -0.617. The van der Waals surface area contributed by atoms with Gasteiger partial charge in [-0.3, -0.25) is 4.79 Å². The van der Waals surface area contributed by atoms with E-state index in [4.69, 9.17) is 16.3 Å². The van der Waals surface area contributed by atoms with Gasteiger partial charge >= 0.3 is 0 Å². The van der Waals surface area contributed by atoms with Gasteiger partial charge in [0.1, 0.15) is 11.4 Å². The Kier molecular flexibility index (Phi) is 5.50. The van der Waals surface area contributed by atoms with Gasteiger partial charge in [0, 0.05) is 17.9 Å². The molecule has 5 heteroatoms. The maximum Gasteiger partial charge on any atom is 0.224 e. The van der Waals surface area contributed by atoms with Crippen molar-refractivity contribution in [1.82, 2.24) is 5.32 Å². The molecule has 0 bridgehead atoms. The lowest BCUT2D eigenvalue weighted by Crippen LogP contribution is -2.46. The molecule has 144 valence electrons. The number of halogens is 1. The van der Waals surface area contributed by atoms with E-state index in [1.807, 2.05) is 42.5 Å². The molecule has 0 spiro atoms. The third kappa shape index (κ3) is 5.02. The van der Waals surface area contributed by atoms with Crippen LogP contribution in [0.15, 0.2) is 42.5 Å². The van der Waals surface area contributed by atoms with E-state index in [9.17, 15) is 9.90 Å². The van der Waals surface area contributed by atoms with Crippen LogP contribution in [0.25, 0.3) is 0 Å². The summed E-state index contributed by atoms with van der Waals surface area (Å²) in [5.41, 5.74) is 2.32. The van der Waals surface area contributed by atoms with E-state index in [1.54, 1.807) is 13.8 Å². The van der Waals surface area contributed by atoms with Gasteiger partial charge in [0.05, 0.1) is 18.6 Å². The quantitative estimate of drug-likeness (QED) is 0.794. The molecule has 1 atom stereocenters. The molecule has 0 fully saturated rings. The maximum absolute atomic E-state index is 12.2. The van der Waals surface area contributed by atoms with E-state index < -0.39 is 5.54 Å². The van der Waals surface area contributed by atoms with Crippen molar-refractivity contribution >= 4 is 17.5 Å². The van der Waals surface area contributed by atoms with Gasteiger partial charge in [-0.25, -0.2) is 0 Å². The average molecular weight is 388 g/mol. The number of carbonyl (C=O) groups excluding carboxylic acids is 1. The highest BCUT2D eigenvalue weighted by Crippen LogP contribution is 2.37. The molecule has 0 saturated heterocycles. The van der Waals surface area contributed by atoms with Crippen molar-refractivity contribution in [2.45, 2.75) is 51.2 Å². The molecule has 0 unspecified atom stereocenters. The molecular weight excluding hydrogens is 362 g/mol. The Morgan fingerprint density at radius 3 is 2.56 bits per heavy atom. The standard InChI is InChI=1S/C22H26ClNO3/c1-21(2,14-25)24-20(26)11-16-6-9-19-17(10-16)13-22(3,27-19)12-15-4-7-18(23)8-5-15/h4-10,25H,11-14H2,1-3H3,(H,24,26)/t22-/m0/s1. The normalized spacial score (nSPS) is 18.7. The summed E-state index contributed by atoms with van der Waals surface area (Å²) in [4.78, 5) is 12.2. The Hall–Kier alpha value is -2.04. The number of carbonyl (C=O) groups is 1. The molecule has 3 rings (SSSR count). The van der Waals surface area contributed by atoms with Gasteiger partial charge in [-0.15, -0.1) is 0 Å². The molecular formula is C22H26ClNO3. The first-order valence-corrected chi connectivity index (χ1v) is 9.53. The van der Waals surface area contributed by atoms with E-state index in [2.05, 4.69) is 12.2 Å². The second kappa shape index (κ2) is 7.53. The Bertz CT molecular complexity index is 832. The number of aliphatic hydroxyl groups excluding tert-OH is 1. The summed E-state index contributed by atoms with van der Waals surface area (Å²) in [7, 11) is 0. The third-order valence-electron chi connectivity index (χ3n) is 4.77. The van der Waals surface area contributed by atoms with Gasteiger partial charge in [-0.2, -0.15) is 0 Å². The second-order valence-electron chi connectivity index (χ2n) is 8.24. The van der Waals surface area contributed by atoms with E-state index >= 15 is 0 Å². The molecule has 1 amide bonds. The lowest BCUT2D eigenvalue weighted by atomic mass is 9.91. The van der Waals surface area contributed by atoms with Gasteiger partial charge in [-0.1, -0.05) is 35.9 Å². The molecule has 0 aromatic heterocycles. The first-order valence-electron chi connectivity index (χ1n) is 9.15. The number of nitrogens with one attached hydrogen (secondary N) is 1. The number of hydrogen-bond donors (Lipinski definition) is 2. The summed E-state index contributed by atoms with van der Waals surface area (Å²) in [5.74, 6) is 0.781. The van der Waals surface area contributed by atoms with Crippen LogP contribution in [0.4, 0.5) is 0 Å². The topological polar surface area (TPSA) is 58.6 Å². The molecule has 1 aliphatic heterocycles. The van der Waals surface area contributed by atoms with Crippen LogP contribution < -0.4 is 10.1 Å². The van der Waals surface area contributed by atoms with Crippen LogP contribution >= 0.6 is 11.6 Å². The van der Waals surface area contributed by atoms with Crippen molar-refractivity contribution in [1.29, 1.82) is 0 Å². The van der Waals surface area contributed by atoms with Crippen LogP contribution in [0, 0.1) is 0 Å². The predicted molar refractivity (Wildman–Crippen MR) is 107 cm³/mol. The SMILES string of the molecule is CC(C)(CO)NC(=O)Cc1ccc2c(c1)C[C@](C)(Cc1ccc(Cl)cc1)O2. The van der Waals surface area contributed by atoms with Crippen molar-refractivity contribution in [2.24, 2.45) is 0 Å². The van der Waals surface area contributed by atoms with Gasteiger partial charge < -0.3 is 15.2 Å². The third-order valence-corrected chi connectivity index (χ3v) is 5.03. The second-order valence-corrected chi connectivity index (χ2v) is 8.68. The zero-order valence-electron chi connectivity index (χ0n) is 16.0. The van der Waals surface area contributed by atoms with Crippen LogP contribution in [0.3, 0.4) is 0 Å². The highest BCUT2D eigenvalue weighted by molar-refractivity contribution is 6.30. The molecule has 0 aliphatic carbocycles. The van der Waals surface area contributed by atoms with E-state index in [0.717, 1.165) is 34.7 Å². The smallest absolute Gasteiger partial charge is 0.224 e. The van der Waals surface area contributed by atoms with E-state index in [1.165, 1.54) is 5.56 Å². The van der Waals surface area contributed by atoms with Crippen molar-refractivity contribution in [3.63, 3.8) is 0 Å². The predicted octanol–water partition coefficient (Wildman–Crippen LogP) is 3.71. The van der Waals surface area contributed by atoms with Crippen LogP contribution in [-0.2, 0) is 24.1 Å². The molecule has 0 saturated carbocycles. The summed E-state index contributed by atoms with van der Waals surface area (Å²) in [6, 6.07) is 13.8. The highest BCUT2D eigenvalue weighted by atomic mass is 35.5. The van der Waals surface area contributed by atoms with Crippen LogP contribution in [-0.4, -0.2) is 28.8 Å². The molecule has 27 heavy (non-hydrogen) atoms. The lowest BCUT2D eigenvalue weighted by Gasteiger charge is -2.24. The molecule has 4 nitrogen and oxygen atoms in total. The van der Waals surface area contributed by atoms with Gasteiger partial charge in [0.15, 0.2) is 0 Å². The van der Waals surface area contributed by atoms with Crippen molar-refractivity contribution in [3.05, 3.63) is 64.2 Å². The zero-order valence-corrected chi connectivity index (χ0v) is 16.8. The number of aliphatic hydroxyl groups is 1. The summed E-state index contributed by atoms with van der Waals surface area (Å²) in [5, 5.41) is 12.9. The fraction of sp³-hybridized carbons (Fsp3) is 0.409. The summed E-state index contributed by atoms with van der Waals surface area (Å²) in [6.45, 7) is 5.60.